The van der Waals surface area contributed by atoms with Crippen LogP contribution in [0, 0.1) is 0 Å². The zero-order valence-electron chi connectivity index (χ0n) is 6.77. The van der Waals surface area contributed by atoms with Gasteiger partial charge in [-0.2, -0.15) is 0 Å². The number of hydrogen-bond acceptors (Lipinski definition) is 0. The van der Waals surface area contributed by atoms with Gasteiger partial charge in [-0.15, -0.1) is 74.4 Å². The smallest absolute Gasteiger partial charge is 1.00 e. The van der Waals surface area contributed by atoms with Gasteiger partial charge < -0.3 is 2.85 Å². The van der Waals surface area contributed by atoms with Crippen molar-refractivity contribution in [3.05, 3.63) is 0 Å². The van der Waals surface area contributed by atoms with E-state index in [1.165, 1.54) is 0 Å². The van der Waals surface area contributed by atoms with Crippen molar-refractivity contribution in [1.29, 1.82) is 0 Å². The van der Waals surface area contributed by atoms with Crippen LogP contribution >= 0.6 is 74.4 Å². The molecule has 0 spiro atoms. The average molecular weight is 462 g/mol. The Morgan fingerprint density at radius 3 is 0.444 bits per heavy atom. The molecule has 0 aromatic heterocycles. The van der Waals surface area contributed by atoms with E-state index in [2.05, 4.69) is 0 Å². The molecular weight excluding hydrogens is 454 g/mol. The summed E-state index contributed by atoms with van der Waals surface area (Å²) < 4.78 is 0. The average Bonchev–Trinajstić information content (AvgIpc) is 0. The summed E-state index contributed by atoms with van der Waals surface area (Å²) >= 11 is 0. The van der Waals surface area contributed by atoms with Crippen molar-refractivity contribution in [1.82, 2.24) is 0 Å². The van der Waals surface area contributed by atoms with Gasteiger partial charge in [0.25, 0.3) is 0 Å². The molecule has 0 rings (SSSR count). The van der Waals surface area contributed by atoms with E-state index in [0.717, 1.165) is 0 Å². The third-order valence-electron chi connectivity index (χ3n) is 0. The predicted molar refractivity (Wildman–Crippen MR) is 45.7 cm³/mol. The van der Waals surface area contributed by atoms with Crippen molar-refractivity contribution in [2.24, 2.45) is 0 Å². The van der Waals surface area contributed by atoms with Gasteiger partial charge in [-0.1, -0.05) is 0 Å². The summed E-state index contributed by atoms with van der Waals surface area (Å²) in [7, 11) is 0. The second-order valence-corrected chi connectivity index (χ2v) is 0. The molecule has 0 aromatic rings. The minimum absolute atomic E-state index is 0. The number of hydrogen-bond donors (Lipinski definition) is 0. The van der Waals surface area contributed by atoms with E-state index < -0.39 is 0 Å². The molecule has 0 amide bonds. The molecule has 0 atom stereocenters. The summed E-state index contributed by atoms with van der Waals surface area (Å²) in [6.45, 7) is 0. The Hall–Kier alpha value is 4.43. The standard InChI is InChI=1S/6ClH.2Na.Pt.2H/h6*1H;;;;;/q;;;;;;2*+1;;2*-1. The van der Waals surface area contributed by atoms with Crippen LogP contribution in [-0.2, 0) is 21.1 Å². The fourth-order valence-electron chi connectivity index (χ4n) is 0. The first-order valence-corrected chi connectivity index (χ1v) is 0. The fourth-order valence-corrected chi connectivity index (χ4v) is 0. The minimum Gasteiger partial charge on any atom is -1.00 e. The summed E-state index contributed by atoms with van der Waals surface area (Å²) in [5.74, 6) is 0. The van der Waals surface area contributed by atoms with Crippen LogP contribution < -0.4 is 59.1 Å². The van der Waals surface area contributed by atoms with Crippen molar-refractivity contribution < 1.29 is 83.0 Å². The Morgan fingerprint density at radius 1 is 0.444 bits per heavy atom. The zero-order chi connectivity index (χ0) is 0. The van der Waals surface area contributed by atoms with Gasteiger partial charge in [-0.05, 0) is 0 Å². The van der Waals surface area contributed by atoms with E-state index in [1.807, 2.05) is 0 Å². The van der Waals surface area contributed by atoms with E-state index >= 15 is 0 Å². The molecule has 9 heavy (non-hydrogen) atoms. The molecule has 0 saturated heterocycles. The molecule has 9 heteroatoms. The Balaban J connectivity index is 0. The Morgan fingerprint density at radius 2 is 0.444 bits per heavy atom. The molecule has 0 aliphatic carbocycles. The molecule has 62 valence electrons. The van der Waals surface area contributed by atoms with Gasteiger partial charge in [-0.25, -0.2) is 0 Å². The third-order valence-corrected chi connectivity index (χ3v) is 0. The first kappa shape index (κ1) is 106. The van der Waals surface area contributed by atoms with Crippen LogP contribution in [-0.4, -0.2) is 0 Å². The molecule has 0 aliphatic rings. The van der Waals surface area contributed by atoms with Crippen molar-refractivity contribution in [3.63, 3.8) is 0 Å². The molecule has 0 bridgehead atoms. The van der Waals surface area contributed by atoms with Crippen molar-refractivity contribution in [2.45, 2.75) is 0 Å². The number of halogens is 6. The van der Waals surface area contributed by atoms with Crippen LogP contribution in [0.15, 0.2) is 0 Å². The Kier molecular flexibility index (Phi) is 973. The molecule has 0 fully saturated rings. The monoisotopic (exact) mass is 459 g/mol. The number of rotatable bonds is 0. The van der Waals surface area contributed by atoms with Gasteiger partial charge in [0.15, 0.2) is 0 Å². The van der Waals surface area contributed by atoms with E-state index in [-0.39, 0.29) is 157 Å². The van der Waals surface area contributed by atoms with Gasteiger partial charge in [0.1, 0.15) is 0 Å². The molecule has 0 nitrogen and oxygen atoms in total. The summed E-state index contributed by atoms with van der Waals surface area (Å²) in [6.07, 6.45) is 0. The van der Waals surface area contributed by atoms with Crippen LogP contribution in [0.1, 0.15) is 2.85 Å². The molecular formula is H8Cl6Na2Pt. The largest absolute Gasteiger partial charge is 1.00 e. The quantitative estimate of drug-likeness (QED) is 0.333. The molecule has 0 saturated carbocycles. The summed E-state index contributed by atoms with van der Waals surface area (Å²) in [6, 6.07) is 0. The maximum absolute atomic E-state index is 0. The van der Waals surface area contributed by atoms with Crippen molar-refractivity contribution in [3.8, 4) is 0 Å². The third kappa shape index (κ3) is 68.9. The summed E-state index contributed by atoms with van der Waals surface area (Å²) in [5, 5.41) is 0. The molecule has 0 heterocycles. The van der Waals surface area contributed by atoms with Crippen LogP contribution in [0.5, 0.6) is 0 Å². The minimum atomic E-state index is 0. The van der Waals surface area contributed by atoms with E-state index in [9.17, 15) is 0 Å². The van der Waals surface area contributed by atoms with Crippen LogP contribution in [0.25, 0.3) is 0 Å². The molecule has 0 N–H and O–H groups in total. The second kappa shape index (κ2) is 82.8. The van der Waals surface area contributed by atoms with Crippen LogP contribution in [0.4, 0.5) is 0 Å². The van der Waals surface area contributed by atoms with Crippen LogP contribution in [0.3, 0.4) is 0 Å². The predicted octanol–water partition coefficient (Wildman–Crippen LogP) is -3.24. The molecule has 0 aromatic carbocycles. The van der Waals surface area contributed by atoms with Crippen LogP contribution in [0.2, 0.25) is 0 Å². The van der Waals surface area contributed by atoms with Gasteiger partial charge >= 0.3 is 59.1 Å². The van der Waals surface area contributed by atoms with Crippen molar-refractivity contribution in [2.75, 3.05) is 0 Å². The Bertz CT molecular complexity index is 18.5. The maximum Gasteiger partial charge on any atom is 1.00 e. The molecule has 0 unspecified atom stereocenters. The first-order valence-electron chi connectivity index (χ1n) is 0. The van der Waals surface area contributed by atoms with Gasteiger partial charge in [0.05, 0.1) is 0 Å². The maximum atomic E-state index is 0. The van der Waals surface area contributed by atoms with Gasteiger partial charge in [0, 0.05) is 21.1 Å². The molecule has 0 radical (unpaired) electrons. The van der Waals surface area contributed by atoms with E-state index in [4.69, 9.17) is 0 Å². The fraction of sp³-hybridized carbons (Fsp3) is 0. The molecule has 0 aliphatic heterocycles. The van der Waals surface area contributed by atoms with E-state index in [1.54, 1.807) is 0 Å². The van der Waals surface area contributed by atoms with Crippen molar-refractivity contribution >= 4 is 74.4 Å². The Labute approximate surface area is 154 Å². The normalized spacial score (nSPS) is 0. The SMILES string of the molecule is Cl.Cl.Cl.Cl.Cl.Cl.[H-].[H-].[Na+].[Na+].[Pt]. The van der Waals surface area contributed by atoms with E-state index in [0.29, 0.717) is 0 Å². The van der Waals surface area contributed by atoms with Gasteiger partial charge in [-0.3, -0.25) is 0 Å². The summed E-state index contributed by atoms with van der Waals surface area (Å²) in [5.41, 5.74) is 0. The second-order valence-electron chi connectivity index (χ2n) is 0. The topological polar surface area (TPSA) is 0 Å². The zero-order valence-corrected chi connectivity index (χ0v) is 15.9. The first-order chi connectivity index (χ1) is 0. The van der Waals surface area contributed by atoms with Gasteiger partial charge in [0.2, 0.25) is 0 Å². The summed E-state index contributed by atoms with van der Waals surface area (Å²) in [4.78, 5) is 0.